The van der Waals surface area contributed by atoms with Crippen LogP contribution >= 0.6 is 0 Å². The van der Waals surface area contributed by atoms with Crippen molar-refractivity contribution in [3.63, 3.8) is 0 Å². The number of amides is 2. The molecule has 0 spiro atoms. The number of carbonyl (C=O) groups is 2. The van der Waals surface area contributed by atoms with Gasteiger partial charge in [0, 0.05) is 44.5 Å². The minimum absolute atomic E-state index is 0.0778. The van der Waals surface area contributed by atoms with Gasteiger partial charge in [0.2, 0.25) is 11.8 Å². The van der Waals surface area contributed by atoms with Gasteiger partial charge >= 0.3 is 0 Å². The fraction of sp³-hybridized carbons (Fsp3) is 0.632. The summed E-state index contributed by atoms with van der Waals surface area (Å²) in [5.41, 5.74) is 1.01. The van der Waals surface area contributed by atoms with Crippen LogP contribution in [-0.4, -0.2) is 47.4 Å². The molecule has 1 saturated carbocycles. The molecule has 1 aliphatic carbocycles. The van der Waals surface area contributed by atoms with Crippen LogP contribution in [0.3, 0.4) is 0 Å². The van der Waals surface area contributed by atoms with E-state index >= 15 is 0 Å². The van der Waals surface area contributed by atoms with E-state index in [9.17, 15) is 9.59 Å². The van der Waals surface area contributed by atoms with Crippen LogP contribution in [0.2, 0.25) is 0 Å². The summed E-state index contributed by atoms with van der Waals surface area (Å²) < 4.78 is 0. The quantitative estimate of drug-likeness (QED) is 0.811. The molecule has 136 valence electrons. The van der Waals surface area contributed by atoms with Crippen LogP contribution in [0.15, 0.2) is 24.5 Å². The SMILES string of the molecule is O=C(NCc1ccncc1)[C@H]1CNCCN1C(=O)C1CCCCCC1. The number of hydrogen-bond acceptors (Lipinski definition) is 4. The summed E-state index contributed by atoms with van der Waals surface area (Å²) in [6.07, 6.45) is 10.1. The van der Waals surface area contributed by atoms with Crippen molar-refractivity contribution >= 4 is 11.8 Å². The Kier molecular flexibility index (Phi) is 6.39. The number of pyridine rings is 1. The highest BCUT2D eigenvalue weighted by atomic mass is 16.2. The molecule has 2 N–H and O–H groups in total. The van der Waals surface area contributed by atoms with E-state index < -0.39 is 6.04 Å². The molecule has 3 rings (SSSR count). The van der Waals surface area contributed by atoms with Gasteiger partial charge in [-0.05, 0) is 30.5 Å². The number of hydrogen-bond donors (Lipinski definition) is 2. The molecule has 6 heteroatoms. The fourth-order valence-electron chi connectivity index (χ4n) is 3.77. The molecule has 2 heterocycles. The molecule has 2 amide bonds. The van der Waals surface area contributed by atoms with Crippen molar-refractivity contribution in [2.24, 2.45) is 5.92 Å². The number of nitrogens with zero attached hydrogens (tertiary/aromatic N) is 2. The number of nitrogens with one attached hydrogen (secondary N) is 2. The maximum absolute atomic E-state index is 13.0. The van der Waals surface area contributed by atoms with E-state index in [1.54, 1.807) is 12.4 Å². The van der Waals surface area contributed by atoms with Gasteiger partial charge in [0.25, 0.3) is 0 Å². The van der Waals surface area contributed by atoms with Crippen LogP contribution in [0.1, 0.15) is 44.1 Å². The van der Waals surface area contributed by atoms with Gasteiger partial charge in [-0.25, -0.2) is 0 Å². The third-order valence-corrected chi connectivity index (χ3v) is 5.25. The summed E-state index contributed by atoms with van der Waals surface area (Å²) in [4.78, 5) is 31.5. The van der Waals surface area contributed by atoms with E-state index in [0.29, 0.717) is 19.6 Å². The van der Waals surface area contributed by atoms with Crippen LogP contribution in [0.4, 0.5) is 0 Å². The first-order chi connectivity index (χ1) is 12.3. The van der Waals surface area contributed by atoms with E-state index in [4.69, 9.17) is 0 Å². The van der Waals surface area contributed by atoms with E-state index in [1.165, 1.54) is 12.8 Å². The Hall–Kier alpha value is -1.95. The van der Waals surface area contributed by atoms with Gasteiger partial charge in [0.1, 0.15) is 6.04 Å². The molecule has 0 radical (unpaired) electrons. The Balaban J connectivity index is 1.61. The van der Waals surface area contributed by atoms with Gasteiger partial charge in [-0.1, -0.05) is 25.7 Å². The largest absolute Gasteiger partial charge is 0.350 e. The second-order valence-corrected chi connectivity index (χ2v) is 7.01. The third-order valence-electron chi connectivity index (χ3n) is 5.25. The number of rotatable bonds is 4. The zero-order chi connectivity index (χ0) is 17.5. The molecule has 6 nitrogen and oxygen atoms in total. The molecule has 25 heavy (non-hydrogen) atoms. The minimum atomic E-state index is -0.411. The van der Waals surface area contributed by atoms with Crippen molar-refractivity contribution in [2.45, 2.75) is 51.1 Å². The average molecular weight is 344 g/mol. The Morgan fingerprint density at radius 2 is 1.88 bits per heavy atom. The standard InChI is InChI=1S/C19H28N4O2/c24-18(22-13-15-7-9-20-10-8-15)17-14-21-11-12-23(17)19(25)16-5-3-1-2-4-6-16/h7-10,16-17,21H,1-6,11-14H2,(H,22,24)/t17-/m1/s1. The first kappa shape index (κ1) is 17.9. The Bertz CT molecular complexity index is 570. The summed E-state index contributed by atoms with van der Waals surface area (Å²) >= 11 is 0. The molecule has 0 aromatic carbocycles. The van der Waals surface area contributed by atoms with Gasteiger partial charge in [-0.15, -0.1) is 0 Å². The summed E-state index contributed by atoms with van der Waals surface area (Å²) in [7, 11) is 0. The molecule has 0 bridgehead atoms. The minimum Gasteiger partial charge on any atom is -0.350 e. The topological polar surface area (TPSA) is 74.3 Å². The highest BCUT2D eigenvalue weighted by Crippen LogP contribution is 2.25. The highest BCUT2D eigenvalue weighted by molar-refractivity contribution is 5.89. The molecular formula is C19H28N4O2. The van der Waals surface area contributed by atoms with Crippen LogP contribution in [0.25, 0.3) is 0 Å². The first-order valence-electron chi connectivity index (χ1n) is 9.43. The lowest BCUT2D eigenvalue weighted by Crippen LogP contribution is -2.60. The number of piperazine rings is 1. The lowest BCUT2D eigenvalue weighted by Gasteiger charge is -2.37. The van der Waals surface area contributed by atoms with Crippen molar-refractivity contribution in [2.75, 3.05) is 19.6 Å². The average Bonchev–Trinajstić information content (AvgIpc) is 2.96. The van der Waals surface area contributed by atoms with Crippen LogP contribution in [0.5, 0.6) is 0 Å². The number of aromatic nitrogens is 1. The van der Waals surface area contributed by atoms with Crippen molar-refractivity contribution in [3.05, 3.63) is 30.1 Å². The van der Waals surface area contributed by atoms with Gasteiger partial charge in [0.05, 0.1) is 0 Å². The summed E-state index contributed by atoms with van der Waals surface area (Å²) in [6, 6.07) is 3.35. The van der Waals surface area contributed by atoms with Crippen LogP contribution < -0.4 is 10.6 Å². The summed E-state index contributed by atoms with van der Waals surface area (Å²) in [5, 5.41) is 6.22. The first-order valence-corrected chi connectivity index (χ1v) is 9.43. The monoisotopic (exact) mass is 344 g/mol. The van der Waals surface area contributed by atoms with Crippen molar-refractivity contribution < 1.29 is 9.59 Å². The summed E-state index contributed by atoms with van der Waals surface area (Å²) in [6.45, 7) is 2.36. The van der Waals surface area contributed by atoms with E-state index in [-0.39, 0.29) is 17.7 Å². The maximum atomic E-state index is 13.0. The molecule has 0 unspecified atom stereocenters. The molecule has 1 aromatic rings. The molecular weight excluding hydrogens is 316 g/mol. The molecule has 1 atom stereocenters. The van der Waals surface area contributed by atoms with Gasteiger partial charge in [-0.2, -0.15) is 0 Å². The van der Waals surface area contributed by atoms with E-state index in [0.717, 1.165) is 37.8 Å². The van der Waals surface area contributed by atoms with Crippen LogP contribution in [-0.2, 0) is 16.1 Å². The van der Waals surface area contributed by atoms with Crippen molar-refractivity contribution in [3.8, 4) is 0 Å². The second kappa shape index (κ2) is 8.94. The molecule has 2 aliphatic rings. The zero-order valence-corrected chi connectivity index (χ0v) is 14.7. The maximum Gasteiger partial charge on any atom is 0.244 e. The Morgan fingerprint density at radius 1 is 1.16 bits per heavy atom. The van der Waals surface area contributed by atoms with Gasteiger partial charge in [0.15, 0.2) is 0 Å². The smallest absolute Gasteiger partial charge is 0.244 e. The lowest BCUT2D eigenvalue weighted by atomic mass is 9.97. The molecule has 1 saturated heterocycles. The van der Waals surface area contributed by atoms with Gasteiger partial charge < -0.3 is 15.5 Å². The normalized spacial score (nSPS) is 22.2. The fourth-order valence-corrected chi connectivity index (χ4v) is 3.77. The van der Waals surface area contributed by atoms with E-state index in [1.807, 2.05) is 17.0 Å². The molecule has 1 aliphatic heterocycles. The van der Waals surface area contributed by atoms with Crippen LogP contribution in [0, 0.1) is 5.92 Å². The zero-order valence-electron chi connectivity index (χ0n) is 14.7. The predicted molar refractivity (Wildman–Crippen MR) is 95.6 cm³/mol. The van der Waals surface area contributed by atoms with E-state index in [2.05, 4.69) is 15.6 Å². The predicted octanol–water partition coefficient (Wildman–Crippen LogP) is 1.47. The molecule has 1 aromatic heterocycles. The summed E-state index contributed by atoms with van der Waals surface area (Å²) in [5.74, 6) is 0.189. The lowest BCUT2D eigenvalue weighted by molar-refractivity contribution is -0.145. The van der Waals surface area contributed by atoms with Crippen molar-refractivity contribution in [1.82, 2.24) is 20.5 Å². The second-order valence-electron chi connectivity index (χ2n) is 7.01. The third kappa shape index (κ3) is 4.78. The number of carbonyl (C=O) groups excluding carboxylic acids is 2. The molecule has 2 fully saturated rings. The highest BCUT2D eigenvalue weighted by Gasteiger charge is 2.35. The van der Waals surface area contributed by atoms with Gasteiger partial charge in [-0.3, -0.25) is 14.6 Å². The van der Waals surface area contributed by atoms with Crippen molar-refractivity contribution in [1.29, 1.82) is 0 Å². The Morgan fingerprint density at radius 3 is 2.60 bits per heavy atom. The Labute approximate surface area is 149 Å².